The lowest BCUT2D eigenvalue weighted by molar-refractivity contribution is 0.414. The summed E-state index contributed by atoms with van der Waals surface area (Å²) in [7, 11) is 0. The van der Waals surface area contributed by atoms with Gasteiger partial charge in [0.05, 0.1) is 0 Å². The summed E-state index contributed by atoms with van der Waals surface area (Å²) in [5.41, 5.74) is 7.39. The Balaban J connectivity index is 1.98. The standard InChI is InChI=1S/C15H24N2/c1-2-6-15(12-7-4-3-5-8-12)17-14-10-9-13(16)11-14/h3-5,7-8,13-15,17H,2,6,9-11,16H2,1H3. The van der Waals surface area contributed by atoms with E-state index in [0.717, 1.165) is 6.42 Å². The van der Waals surface area contributed by atoms with Crippen LogP contribution in [0.2, 0.25) is 0 Å². The van der Waals surface area contributed by atoms with Gasteiger partial charge in [-0.05, 0) is 31.2 Å². The summed E-state index contributed by atoms with van der Waals surface area (Å²) in [5, 5.41) is 3.78. The predicted octanol–water partition coefficient (Wildman–Crippen LogP) is 3.00. The van der Waals surface area contributed by atoms with Crippen molar-refractivity contribution in [1.82, 2.24) is 5.32 Å². The van der Waals surface area contributed by atoms with Crippen molar-refractivity contribution in [3.8, 4) is 0 Å². The van der Waals surface area contributed by atoms with Crippen LogP contribution in [0.15, 0.2) is 30.3 Å². The summed E-state index contributed by atoms with van der Waals surface area (Å²) < 4.78 is 0. The molecule has 1 aromatic carbocycles. The van der Waals surface area contributed by atoms with Gasteiger partial charge in [0.25, 0.3) is 0 Å². The minimum atomic E-state index is 0.408. The molecule has 0 saturated heterocycles. The number of nitrogens with one attached hydrogen (secondary N) is 1. The molecule has 1 fully saturated rings. The van der Waals surface area contributed by atoms with E-state index in [4.69, 9.17) is 5.73 Å². The third-order valence-electron chi connectivity index (χ3n) is 3.69. The Labute approximate surface area is 105 Å². The zero-order valence-corrected chi connectivity index (χ0v) is 10.7. The Bertz CT molecular complexity index is 323. The van der Waals surface area contributed by atoms with Crippen molar-refractivity contribution in [1.29, 1.82) is 0 Å². The molecule has 0 heterocycles. The molecule has 1 aliphatic carbocycles. The molecule has 3 unspecified atom stereocenters. The van der Waals surface area contributed by atoms with Crippen LogP contribution in [-0.4, -0.2) is 12.1 Å². The minimum absolute atomic E-state index is 0.408. The fourth-order valence-electron chi connectivity index (χ4n) is 2.77. The number of hydrogen-bond donors (Lipinski definition) is 2. The molecule has 0 aromatic heterocycles. The van der Waals surface area contributed by atoms with Crippen LogP contribution in [0.4, 0.5) is 0 Å². The molecule has 0 amide bonds. The molecule has 0 aliphatic heterocycles. The summed E-state index contributed by atoms with van der Waals surface area (Å²) in [6.45, 7) is 2.25. The molecule has 94 valence electrons. The molecule has 2 rings (SSSR count). The van der Waals surface area contributed by atoms with E-state index < -0.39 is 0 Å². The largest absolute Gasteiger partial charge is 0.328 e. The van der Waals surface area contributed by atoms with Gasteiger partial charge < -0.3 is 11.1 Å². The van der Waals surface area contributed by atoms with E-state index in [2.05, 4.69) is 42.6 Å². The average molecular weight is 232 g/mol. The van der Waals surface area contributed by atoms with E-state index in [9.17, 15) is 0 Å². The van der Waals surface area contributed by atoms with Gasteiger partial charge >= 0.3 is 0 Å². The minimum Gasteiger partial charge on any atom is -0.328 e. The Morgan fingerprint density at radius 3 is 2.65 bits per heavy atom. The highest BCUT2D eigenvalue weighted by atomic mass is 15.0. The van der Waals surface area contributed by atoms with Crippen molar-refractivity contribution >= 4 is 0 Å². The van der Waals surface area contributed by atoms with Gasteiger partial charge in [0.1, 0.15) is 0 Å². The summed E-state index contributed by atoms with van der Waals surface area (Å²) >= 11 is 0. The van der Waals surface area contributed by atoms with Crippen LogP contribution in [0.25, 0.3) is 0 Å². The van der Waals surface area contributed by atoms with Crippen molar-refractivity contribution in [2.24, 2.45) is 5.73 Å². The summed E-state index contributed by atoms with van der Waals surface area (Å²) in [6.07, 6.45) is 5.95. The van der Waals surface area contributed by atoms with Gasteiger partial charge in [-0.1, -0.05) is 43.7 Å². The highest BCUT2D eigenvalue weighted by Crippen LogP contribution is 2.24. The lowest BCUT2D eigenvalue weighted by Crippen LogP contribution is -2.32. The van der Waals surface area contributed by atoms with Crippen LogP contribution in [0.1, 0.15) is 50.6 Å². The maximum Gasteiger partial charge on any atom is 0.0322 e. The Morgan fingerprint density at radius 2 is 2.06 bits per heavy atom. The lowest BCUT2D eigenvalue weighted by Gasteiger charge is -2.23. The Hall–Kier alpha value is -0.860. The van der Waals surface area contributed by atoms with Crippen molar-refractivity contribution in [3.05, 3.63) is 35.9 Å². The molecule has 0 radical (unpaired) electrons. The summed E-state index contributed by atoms with van der Waals surface area (Å²) in [5.74, 6) is 0. The molecule has 1 aliphatic rings. The second-order valence-electron chi connectivity index (χ2n) is 5.19. The monoisotopic (exact) mass is 232 g/mol. The topological polar surface area (TPSA) is 38.0 Å². The normalized spacial score (nSPS) is 26.0. The molecule has 0 spiro atoms. The molecule has 1 saturated carbocycles. The lowest BCUT2D eigenvalue weighted by atomic mass is 10.0. The number of nitrogens with two attached hydrogens (primary N) is 1. The van der Waals surface area contributed by atoms with Crippen LogP contribution in [0, 0.1) is 0 Å². The highest BCUT2D eigenvalue weighted by molar-refractivity contribution is 5.19. The Kier molecular flexibility index (Phi) is 4.57. The van der Waals surface area contributed by atoms with Crippen molar-refractivity contribution in [2.45, 2.75) is 57.2 Å². The fraction of sp³-hybridized carbons (Fsp3) is 0.600. The van der Waals surface area contributed by atoms with Crippen LogP contribution < -0.4 is 11.1 Å². The molecule has 3 atom stereocenters. The number of hydrogen-bond acceptors (Lipinski definition) is 2. The zero-order valence-electron chi connectivity index (χ0n) is 10.7. The summed E-state index contributed by atoms with van der Waals surface area (Å²) in [4.78, 5) is 0. The highest BCUT2D eigenvalue weighted by Gasteiger charge is 2.24. The van der Waals surface area contributed by atoms with E-state index in [-0.39, 0.29) is 0 Å². The van der Waals surface area contributed by atoms with Crippen molar-refractivity contribution in [3.63, 3.8) is 0 Å². The average Bonchev–Trinajstić information content (AvgIpc) is 2.75. The second kappa shape index (κ2) is 6.18. The molecule has 0 bridgehead atoms. The van der Waals surface area contributed by atoms with Crippen LogP contribution >= 0.6 is 0 Å². The fourth-order valence-corrected chi connectivity index (χ4v) is 2.77. The maximum absolute atomic E-state index is 5.97. The molecular weight excluding hydrogens is 208 g/mol. The first-order valence-electron chi connectivity index (χ1n) is 6.86. The SMILES string of the molecule is CCCC(NC1CCC(N)C1)c1ccccc1. The van der Waals surface area contributed by atoms with Gasteiger partial charge in [-0.2, -0.15) is 0 Å². The first-order chi connectivity index (χ1) is 8.29. The van der Waals surface area contributed by atoms with Gasteiger partial charge in [-0.3, -0.25) is 0 Å². The van der Waals surface area contributed by atoms with Gasteiger partial charge in [0, 0.05) is 18.1 Å². The third-order valence-corrected chi connectivity index (χ3v) is 3.69. The van der Waals surface area contributed by atoms with Crippen molar-refractivity contribution in [2.75, 3.05) is 0 Å². The maximum atomic E-state index is 5.97. The molecule has 2 nitrogen and oxygen atoms in total. The number of benzene rings is 1. The van der Waals surface area contributed by atoms with E-state index >= 15 is 0 Å². The quantitative estimate of drug-likeness (QED) is 0.819. The smallest absolute Gasteiger partial charge is 0.0322 e. The van der Waals surface area contributed by atoms with Crippen LogP contribution in [0.3, 0.4) is 0 Å². The molecule has 3 N–H and O–H groups in total. The van der Waals surface area contributed by atoms with Gasteiger partial charge in [0.15, 0.2) is 0 Å². The second-order valence-corrected chi connectivity index (χ2v) is 5.19. The van der Waals surface area contributed by atoms with Crippen LogP contribution in [0.5, 0.6) is 0 Å². The van der Waals surface area contributed by atoms with Gasteiger partial charge in [0.2, 0.25) is 0 Å². The first kappa shape index (κ1) is 12.6. The van der Waals surface area contributed by atoms with E-state index in [0.29, 0.717) is 18.1 Å². The predicted molar refractivity (Wildman–Crippen MR) is 72.8 cm³/mol. The number of rotatable bonds is 5. The van der Waals surface area contributed by atoms with Crippen molar-refractivity contribution < 1.29 is 0 Å². The Morgan fingerprint density at radius 1 is 1.29 bits per heavy atom. The first-order valence-corrected chi connectivity index (χ1v) is 6.86. The third kappa shape index (κ3) is 3.55. The van der Waals surface area contributed by atoms with Crippen LogP contribution in [-0.2, 0) is 0 Å². The molecular formula is C15H24N2. The van der Waals surface area contributed by atoms with Gasteiger partial charge in [-0.15, -0.1) is 0 Å². The van der Waals surface area contributed by atoms with E-state index in [1.54, 1.807) is 0 Å². The molecule has 1 aromatic rings. The van der Waals surface area contributed by atoms with Gasteiger partial charge in [-0.25, -0.2) is 0 Å². The zero-order chi connectivity index (χ0) is 12.1. The molecule has 2 heteroatoms. The van der Waals surface area contributed by atoms with E-state index in [1.165, 1.54) is 31.2 Å². The molecule has 17 heavy (non-hydrogen) atoms. The summed E-state index contributed by atoms with van der Waals surface area (Å²) in [6, 6.07) is 12.3. The van der Waals surface area contributed by atoms with E-state index in [1.807, 2.05) is 0 Å².